The molecule has 0 unspecified atom stereocenters. The van der Waals surface area contributed by atoms with Crippen molar-refractivity contribution in [1.82, 2.24) is 15.1 Å². The van der Waals surface area contributed by atoms with Crippen LogP contribution in [0.5, 0.6) is 0 Å². The van der Waals surface area contributed by atoms with Crippen molar-refractivity contribution >= 4 is 6.09 Å². The fraction of sp³-hybridized carbons (Fsp3) is 0.800. The second kappa shape index (κ2) is 6.64. The van der Waals surface area contributed by atoms with Gasteiger partial charge in [-0.2, -0.15) is 0 Å². The lowest BCUT2D eigenvalue weighted by Gasteiger charge is -2.43. The third-order valence-electron chi connectivity index (χ3n) is 4.49. The SMILES string of the molecule is Cc1nnc(COCC(C)(C)[C@H]2CCN(C(=O)O)[C@@H](C)C2)o1. The summed E-state index contributed by atoms with van der Waals surface area (Å²) in [4.78, 5) is 12.7. The fourth-order valence-electron chi connectivity index (χ4n) is 3.08. The molecule has 1 saturated heterocycles. The molecular formula is C15H25N3O4. The Kier molecular flexibility index (Phi) is 5.05. The third kappa shape index (κ3) is 3.97. The number of carboxylic acid groups (broad SMARTS) is 1. The summed E-state index contributed by atoms with van der Waals surface area (Å²) in [5.41, 5.74) is -0.0199. The van der Waals surface area contributed by atoms with Gasteiger partial charge in [0.15, 0.2) is 0 Å². The van der Waals surface area contributed by atoms with Crippen molar-refractivity contribution in [2.75, 3.05) is 13.2 Å². The minimum atomic E-state index is -0.827. The van der Waals surface area contributed by atoms with Crippen molar-refractivity contribution in [3.63, 3.8) is 0 Å². The standard InChI is InChI=1S/C15H25N3O4/c1-10-7-12(5-6-18(10)14(19)20)15(3,4)9-21-8-13-17-16-11(2)22-13/h10,12H,5-9H2,1-4H3,(H,19,20)/t10-,12-/m0/s1. The van der Waals surface area contributed by atoms with E-state index in [1.807, 2.05) is 6.92 Å². The van der Waals surface area contributed by atoms with E-state index in [-0.39, 0.29) is 11.5 Å². The Bertz CT molecular complexity index is 515. The second-order valence-electron chi connectivity index (χ2n) is 6.74. The average molecular weight is 311 g/mol. The number of amides is 1. The maximum Gasteiger partial charge on any atom is 0.407 e. The van der Waals surface area contributed by atoms with Crippen molar-refractivity contribution < 1.29 is 19.1 Å². The lowest BCUT2D eigenvalue weighted by molar-refractivity contribution is -0.0150. The van der Waals surface area contributed by atoms with Crippen LogP contribution in [-0.4, -0.2) is 45.5 Å². The number of ether oxygens (including phenoxy) is 1. The molecule has 0 aliphatic carbocycles. The minimum Gasteiger partial charge on any atom is -0.465 e. The van der Waals surface area contributed by atoms with Gasteiger partial charge in [0.2, 0.25) is 11.8 Å². The van der Waals surface area contributed by atoms with Crippen LogP contribution in [0.2, 0.25) is 0 Å². The molecule has 124 valence electrons. The molecule has 2 rings (SSSR count). The van der Waals surface area contributed by atoms with Gasteiger partial charge in [-0.15, -0.1) is 10.2 Å². The maximum absolute atomic E-state index is 11.1. The molecular weight excluding hydrogens is 286 g/mol. The Morgan fingerprint density at radius 3 is 2.77 bits per heavy atom. The molecule has 0 aromatic carbocycles. The molecule has 2 atom stereocenters. The van der Waals surface area contributed by atoms with Crippen molar-refractivity contribution in [2.24, 2.45) is 11.3 Å². The zero-order chi connectivity index (χ0) is 16.3. The van der Waals surface area contributed by atoms with Crippen LogP contribution in [0.25, 0.3) is 0 Å². The van der Waals surface area contributed by atoms with E-state index in [1.54, 1.807) is 6.92 Å². The predicted octanol–water partition coefficient (Wildman–Crippen LogP) is 2.70. The largest absolute Gasteiger partial charge is 0.465 e. The normalized spacial score (nSPS) is 22.8. The number of rotatable bonds is 5. The van der Waals surface area contributed by atoms with E-state index in [0.717, 1.165) is 12.8 Å². The summed E-state index contributed by atoms with van der Waals surface area (Å²) >= 11 is 0. The zero-order valence-corrected chi connectivity index (χ0v) is 13.7. The summed E-state index contributed by atoms with van der Waals surface area (Å²) in [5.74, 6) is 1.46. The molecule has 7 nitrogen and oxygen atoms in total. The fourth-order valence-corrected chi connectivity index (χ4v) is 3.08. The van der Waals surface area contributed by atoms with Gasteiger partial charge in [-0.3, -0.25) is 0 Å². The molecule has 1 N–H and O–H groups in total. The quantitative estimate of drug-likeness (QED) is 0.899. The van der Waals surface area contributed by atoms with E-state index in [0.29, 0.717) is 37.5 Å². The Morgan fingerprint density at radius 2 is 2.23 bits per heavy atom. The van der Waals surface area contributed by atoms with Gasteiger partial charge in [0.1, 0.15) is 6.61 Å². The summed E-state index contributed by atoms with van der Waals surface area (Å²) in [6.45, 7) is 9.54. The van der Waals surface area contributed by atoms with Gasteiger partial charge in [-0.05, 0) is 31.1 Å². The molecule has 1 fully saturated rings. The molecule has 0 saturated carbocycles. The number of hydrogen-bond donors (Lipinski definition) is 1. The first-order chi connectivity index (χ1) is 10.3. The number of hydrogen-bond acceptors (Lipinski definition) is 5. The van der Waals surface area contributed by atoms with Crippen LogP contribution in [0.4, 0.5) is 4.79 Å². The second-order valence-corrected chi connectivity index (χ2v) is 6.74. The zero-order valence-electron chi connectivity index (χ0n) is 13.7. The smallest absolute Gasteiger partial charge is 0.407 e. The first-order valence-electron chi connectivity index (χ1n) is 7.66. The Hall–Kier alpha value is -1.63. The molecule has 1 aromatic heterocycles. The summed E-state index contributed by atoms with van der Waals surface area (Å²) in [6.07, 6.45) is 0.904. The molecule has 22 heavy (non-hydrogen) atoms. The lowest BCUT2D eigenvalue weighted by atomic mass is 9.72. The summed E-state index contributed by atoms with van der Waals surface area (Å²) in [7, 11) is 0. The van der Waals surface area contributed by atoms with Gasteiger partial charge in [-0.1, -0.05) is 13.8 Å². The van der Waals surface area contributed by atoms with Crippen LogP contribution >= 0.6 is 0 Å². The number of piperidine rings is 1. The summed E-state index contributed by atoms with van der Waals surface area (Å²) in [5, 5.41) is 16.8. The molecule has 0 spiro atoms. The topological polar surface area (TPSA) is 88.7 Å². The van der Waals surface area contributed by atoms with Gasteiger partial charge in [0.05, 0.1) is 6.61 Å². The maximum atomic E-state index is 11.1. The van der Waals surface area contributed by atoms with Crippen molar-refractivity contribution in [3.8, 4) is 0 Å². The molecule has 0 bridgehead atoms. The van der Waals surface area contributed by atoms with E-state index in [1.165, 1.54) is 4.90 Å². The van der Waals surface area contributed by atoms with E-state index in [4.69, 9.17) is 14.3 Å². The van der Waals surface area contributed by atoms with Crippen LogP contribution < -0.4 is 0 Å². The molecule has 1 aliphatic rings. The van der Waals surface area contributed by atoms with Crippen molar-refractivity contribution in [1.29, 1.82) is 0 Å². The number of carbonyl (C=O) groups is 1. The van der Waals surface area contributed by atoms with Gasteiger partial charge in [0.25, 0.3) is 0 Å². The van der Waals surface area contributed by atoms with E-state index in [9.17, 15) is 4.79 Å². The van der Waals surface area contributed by atoms with Gasteiger partial charge < -0.3 is 19.2 Å². The average Bonchev–Trinajstić information content (AvgIpc) is 2.83. The van der Waals surface area contributed by atoms with Crippen LogP contribution in [0.15, 0.2) is 4.42 Å². The highest BCUT2D eigenvalue weighted by Gasteiger charge is 2.37. The highest BCUT2D eigenvalue weighted by Crippen LogP contribution is 2.37. The Labute approximate surface area is 130 Å². The molecule has 1 amide bonds. The lowest BCUT2D eigenvalue weighted by Crippen LogP contribution is -2.47. The minimum absolute atomic E-state index is 0.0199. The molecule has 0 radical (unpaired) electrons. The molecule has 7 heteroatoms. The third-order valence-corrected chi connectivity index (χ3v) is 4.49. The first-order valence-corrected chi connectivity index (χ1v) is 7.66. The summed E-state index contributed by atoms with van der Waals surface area (Å²) < 4.78 is 11.0. The van der Waals surface area contributed by atoms with Gasteiger partial charge in [-0.25, -0.2) is 4.79 Å². The Balaban J connectivity index is 1.83. The van der Waals surface area contributed by atoms with Crippen LogP contribution in [0.3, 0.4) is 0 Å². The van der Waals surface area contributed by atoms with Crippen molar-refractivity contribution in [3.05, 3.63) is 11.8 Å². The van der Waals surface area contributed by atoms with Gasteiger partial charge in [0, 0.05) is 19.5 Å². The Morgan fingerprint density at radius 1 is 1.50 bits per heavy atom. The van der Waals surface area contributed by atoms with Gasteiger partial charge >= 0.3 is 6.09 Å². The van der Waals surface area contributed by atoms with Crippen molar-refractivity contribution in [2.45, 2.75) is 53.2 Å². The van der Waals surface area contributed by atoms with Crippen LogP contribution in [0.1, 0.15) is 45.4 Å². The molecule has 2 heterocycles. The number of nitrogens with zero attached hydrogens (tertiary/aromatic N) is 3. The van der Waals surface area contributed by atoms with Crippen LogP contribution in [0, 0.1) is 18.3 Å². The highest BCUT2D eigenvalue weighted by atomic mass is 16.5. The highest BCUT2D eigenvalue weighted by molar-refractivity contribution is 5.65. The van der Waals surface area contributed by atoms with E-state index < -0.39 is 6.09 Å². The number of aromatic nitrogens is 2. The number of likely N-dealkylation sites (tertiary alicyclic amines) is 1. The number of aryl methyl sites for hydroxylation is 1. The van der Waals surface area contributed by atoms with E-state index >= 15 is 0 Å². The summed E-state index contributed by atoms with van der Waals surface area (Å²) in [6, 6.07) is 0.0501. The van der Waals surface area contributed by atoms with Crippen LogP contribution in [-0.2, 0) is 11.3 Å². The predicted molar refractivity (Wildman–Crippen MR) is 79.4 cm³/mol. The monoisotopic (exact) mass is 311 g/mol. The molecule has 1 aliphatic heterocycles. The van der Waals surface area contributed by atoms with E-state index in [2.05, 4.69) is 24.0 Å². The molecule has 1 aromatic rings. The first kappa shape index (κ1) is 16.7.